The standard InChI is InChI=1S/C16H18Br2N2/c1-10-5-13(17)8-14(6-10)20-16(9-19)12-4-3-11(2)15(18)7-12/h3-8,16,20H,9,19H2,1-2H3. The van der Waals surface area contributed by atoms with Gasteiger partial charge in [0.05, 0.1) is 6.04 Å². The molecule has 1 unspecified atom stereocenters. The second kappa shape index (κ2) is 6.74. The van der Waals surface area contributed by atoms with Crippen molar-refractivity contribution in [3.63, 3.8) is 0 Å². The number of aryl methyl sites for hydroxylation is 2. The largest absolute Gasteiger partial charge is 0.377 e. The molecule has 0 aliphatic carbocycles. The van der Waals surface area contributed by atoms with Gasteiger partial charge < -0.3 is 11.1 Å². The van der Waals surface area contributed by atoms with Gasteiger partial charge in [-0.15, -0.1) is 0 Å². The van der Waals surface area contributed by atoms with Gasteiger partial charge in [0, 0.05) is 21.2 Å². The summed E-state index contributed by atoms with van der Waals surface area (Å²) in [5.41, 5.74) is 10.6. The summed E-state index contributed by atoms with van der Waals surface area (Å²) in [6.07, 6.45) is 0. The molecule has 3 N–H and O–H groups in total. The minimum absolute atomic E-state index is 0.0978. The molecule has 106 valence electrons. The van der Waals surface area contributed by atoms with E-state index < -0.39 is 0 Å². The fraction of sp³-hybridized carbons (Fsp3) is 0.250. The predicted octanol–water partition coefficient (Wildman–Crippen LogP) is 4.94. The molecule has 0 amide bonds. The van der Waals surface area contributed by atoms with Crippen molar-refractivity contribution in [3.05, 3.63) is 62.0 Å². The first-order valence-electron chi connectivity index (χ1n) is 6.49. The summed E-state index contributed by atoms with van der Waals surface area (Å²) in [6, 6.07) is 12.7. The van der Waals surface area contributed by atoms with Gasteiger partial charge in [-0.3, -0.25) is 0 Å². The van der Waals surface area contributed by atoms with Gasteiger partial charge in [-0.1, -0.05) is 44.0 Å². The maximum absolute atomic E-state index is 5.93. The molecule has 1 atom stereocenters. The lowest BCUT2D eigenvalue weighted by atomic mass is 10.0. The number of halogens is 2. The van der Waals surface area contributed by atoms with E-state index >= 15 is 0 Å². The Hall–Kier alpha value is -0.840. The number of anilines is 1. The van der Waals surface area contributed by atoms with Gasteiger partial charge in [0.25, 0.3) is 0 Å². The smallest absolute Gasteiger partial charge is 0.0636 e. The van der Waals surface area contributed by atoms with Gasteiger partial charge >= 0.3 is 0 Å². The van der Waals surface area contributed by atoms with Crippen molar-refractivity contribution in [1.82, 2.24) is 0 Å². The third-order valence-electron chi connectivity index (χ3n) is 3.22. The fourth-order valence-corrected chi connectivity index (χ4v) is 3.13. The zero-order chi connectivity index (χ0) is 14.7. The highest BCUT2D eigenvalue weighted by molar-refractivity contribution is 9.10. The Bertz CT molecular complexity index is 591. The van der Waals surface area contributed by atoms with E-state index in [9.17, 15) is 0 Å². The van der Waals surface area contributed by atoms with Crippen molar-refractivity contribution in [3.8, 4) is 0 Å². The molecule has 2 nitrogen and oxygen atoms in total. The first-order valence-corrected chi connectivity index (χ1v) is 8.08. The lowest BCUT2D eigenvalue weighted by molar-refractivity contribution is 0.788. The van der Waals surface area contributed by atoms with Crippen LogP contribution in [0.25, 0.3) is 0 Å². The van der Waals surface area contributed by atoms with Crippen LogP contribution >= 0.6 is 31.9 Å². The topological polar surface area (TPSA) is 38.0 Å². The zero-order valence-electron chi connectivity index (χ0n) is 11.6. The maximum atomic E-state index is 5.93. The number of hydrogen-bond acceptors (Lipinski definition) is 2. The van der Waals surface area contributed by atoms with Crippen LogP contribution in [-0.2, 0) is 0 Å². The van der Waals surface area contributed by atoms with E-state index in [2.05, 4.69) is 87.4 Å². The average molecular weight is 398 g/mol. The monoisotopic (exact) mass is 396 g/mol. The van der Waals surface area contributed by atoms with Gasteiger partial charge in [0.2, 0.25) is 0 Å². The van der Waals surface area contributed by atoms with Crippen LogP contribution in [0.15, 0.2) is 45.3 Å². The van der Waals surface area contributed by atoms with E-state index in [4.69, 9.17) is 5.73 Å². The molecule has 0 saturated heterocycles. The van der Waals surface area contributed by atoms with Crippen LogP contribution in [0.2, 0.25) is 0 Å². The Morgan fingerprint density at radius 2 is 1.85 bits per heavy atom. The van der Waals surface area contributed by atoms with Gasteiger partial charge in [0.1, 0.15) is 0 Å². The quantitative estimate of drug-likeness (QED) is 0.766. The molecule has 0 bridgehead atoms. The number of nitrogens with two attached hydrogens (primary N) is 1. The van der Waals surface area contributed by atoms with Crippen molar-refractivity contribution in [2.75, 3.05) is 11.9 Å². The summed E-state index contributed by atoms with van der Waals surface area (Å²) >= 11 is 7.10. The number of nitrogens with one attached hydrogen (secondary N) is 1. The molecule has 0 aromatic heterocycles. The van der Waals surface area contributed by atoms with Crippen LogP contribution in [0.3, 0.4) is 0 Å². The molecule has 2 rings (SSSR count). The lowest BCUT2D eigenvalue weighted by Crippen LogP contribution is -2.20. The summed E-state index contributed by atoms with van der Waals surface area (Å²) in [5.74, 6) is 0. The van der Waals surface area contributed by atoms with E-state index in [1.165, 1.54) is 16.7 Å². The third kappa shape index (κ3) is 3.84. The summed E-state index contributed by atoms with van der Waals surface area (Å²) in [4.78, 5) is 0. The Morgan fingerprint density at radius 1 is 1.10 bits per heavy atom. The second-order valence-electron chi connectivity index (χ2n) is 4.96. The van der Waals surface area contributed by atoms with E-state index in [1.54, 1.807) is 0 Å². The third-order valence-corrected chi connectivity index (χ3v) is 4.53. The molecule has 0 aliphatic heterocycles. The van der Waals surface area contributed by atoms with Crippen LogP contribution < -0.4 is 11.1 Å². The molecule has 0 heterocycles. The minimum atomic E-state index is 0.0978. The highest BCUT2D eigenvalue weighted by atomic mass is 79.9. The SMILES string of the molecule is Cc1cc(Br)cc(NC(CN)c2ccc(C)c(Br)c2)c1. The summed E-state index contributed by atoms with van der Waals surface area (Å²) in [6.45, 7) is 4.70. The number of rotatable bonds is 4. The second-order valence-corrected chi connectivity index (χ2v) is 6.73. The molecule has 0 fully saturated rings. The molecule has 20 heavy (non-hydrogen) atoms. The zero-order valence-corrected chi connectivity index (χ0v) is 14.8. The lowest BCUT2D eigenvalue weighted by Gasteiger charge is -2.20. The molecule has 2 aromatic carbocycles. The molecule has 0 saturated carbocycles. The Balaban J connectivity index is 2.26. The van der Waals surface area contributed by atoms with Gasteiger partial charge in [-0.25, -0.2) is 0 Å². The van der Waals surface area contributed by atoms with E-state index in [0.717, 1.165) is 14.6 Å². The van der Waals surface area contributed by atoms with Gasteiger partial charge in [-0.05, 0) is 54.8 Å². The highest BCUT2D eigenvalue weighted by Crippen LogP contribution is 2.26. The Labute approximate surface area is 137 Å². The van der Waals surface area contributed by atoms with Crippen molar-refractivity contribution >= 4 is 37.5 Å². The van der Waals surface area contributed by atoms with Crippen molar-refractivity contribution in [2.24, 2.45) is 5.73 Å². The van der Waals surface area contributed by atoms with Crippen LogP contribution in [0.1, 0.15) is 22.7 Å². The van der Waals surface area contributed by atoms with Crippen molar-refractivity contribution in [1.29, 1.82) is 0 Å². The van der Waals surface area contributed by atoms with Gasteiger partial charge in [-0.2, -0.15) is 0 Å². The molecule has 0 radical (unpaired) electrons. The fourth-order valence-electron chi connectivity index (χ4n) is 2.13. The molecule has 0 spiro atoms. The first-order chi connectivity index (χ1) is 9.49. The van der Waals surface area contributed by atoms with Crippen molar-refractivity contribution < 1.29 is 0 Å². The molecule has 4 heteroatoms. The molecule has 0 aliphatic rings. The maximum Gasteiger partial charge on any atom is 0.0636 e. The van der Waals surface area contributed by atoms with Gasteiger partial charge in [0.15, 0.2) is 0 Å². The number of benzene rings is 2. The molecular weight excluding hydrogens is 380 g/mol. The van der Waals surface area contributed by atoms with Crippen LogP contribution in [0.4, 0.5) is 5.69 Å². The van der Waals surface area contributed by atoms with Crippen LogP contribution in [-0.4, -0.2) is 6.54 Å². The molecule has 2 aromatic rings. The van der Waals surface area contributed by atoms with Crippen molar-refractivity contribution in [2.45, 2.75) is 19.9 Å². The summed E-state index contributed by atoms with van der Waals surface area (Å²) < 4.78 is 2.18. The van der Waals surface area contributed by atoms with E-state index in [1.807, 2.05) is 0 Å². The predicted molar refractivity (Wildman–Crippen MR) is 93.2 cm³/mol. The molecular formula is C16H18Br2N2. The summed E-state index contributed by atoms with van der Waals surface area (Å²) in [5, 5.41) is 3.50. The van der Waals surface area contributed by atoms with Crippen LogP contribution in [0, 0.1) is 13.8 Å². The average Bonchev–Trinajstić information content (AvgIpc) is 2.38. The van der Waals surface area contributed by atoms with E-state index in [0.29, 0.717) is 6.54 Å². The Kier molecular flexibility index (Phi) is 5.24. The van der Waals surface area contributed by atoms with E-state index in [-0.39, 0.29) is 6.04 Å². The Morgan fingerprint density at radius 3 is 2.45 bits per heavy atom. The number of hydrogen-bond donors (Lipinski definition) is 2. The minimum Gasteiger partial charge on any atom is -0.377 e. The highest BCUT2D eigenvalue weighted by Gasteiger charge is 2.11. The first kappa shape index (κ1) is 15.5. The van der Waals surface area contributed by atoms with Crippen LogP contribution in [0.5, 0.6) is 0 Å². The normalized spacial score (nSPS) is 12.2. The summed E-state index contributed by atoms with van der Waals surface area (Å²) in [7, 11) is 0.